The maximum Gasteiger partial charge on any atom is 0.244 e. The van der Waals surface area contributed by atoms with Gasteiger partial charge in [-0.2, -0.15) is 0 Å². The van der Waals surface area contributed by atoms with E-state index in [2.05, 4.69) is 5.32 Å². The van der Waals surface area contributed by atoms with Gasteiger partial charge in [0.15, 0.2) is 11.5 Å². The number of benzene rings is 2. The molecule has 9 nitrogen and oxygen atoms in total. The van der Waals surface area contributed by atoms with Gasteiger partial charge in [0.1, 0.15) is 12.6 Å². The molecule has 2 amide bonds. The Hall–Kier alpha value is -3.27. The molecule has 0 unspecified atom stereocenters. The van der Waals surface area contributed by atoms with E-state index < -0.39 is 28.5 Å². The van der Waals surface area contributed by atoms with Crippen molar-refractivity contribution in [2.75, 3.05) is 37.0 Å². The Morgan fingerprint density at radius 2 is 1.80 bits per heavy atom. The fourth-order valence-corrected chi connectivity index (χ4v) is 4.60. The van der Waals surface area contributed by atoms with Crippen LogP contribution >= 0.6 is 0 Å². The van der Waals surface area contributed by atoms with Crippen LogP contribution in [0.15, 0.2) is 48.5 Å². The van der Waals surface area contributed by atoms with Crippen molar-refractivity contribution >= 4 is 27.5 Å². The van der Waals surface area contributed by atoms with Crippen molar-refractivity contribution in [3.05, 3.63) is 54.1 Å². The Labute approximate surface area is 207 Å². The normalized spacial score (nSPS) is 13.2. The number of nitrogens with zero attached hydrogens (tertiary/aromatic N) is 2. The predicted molar refractivity (Wildman–Crippen MR) is 134 cm³/mol. The Bertz CT molecular complexity index is 1120. The second kappa shape index (κ2) is 11.9. The lowest BCUT2D eigenvalue weighted by molar-refractivity contribution is -0.138. The van der Waals surface area contributed by atoms with Crippen molar-refractivity contribution in [2.45, 2.75) is 39.2 Å². The van der Waals surface area contributed by atoms with Crippen LogP contribution in [0.2, 0.25) is 0 Å². The first-order chi connectivity index (χ1) is 16.7. The maximum atomic E-state index is 13.5. The first-order valence-corrected chi connectivity index (χ1v) is 13.5. The van der Waals surface area contributed by atoms with Crippen molar-refractivity contribution in [3.63, 3.8) is 0 Å². The number of sulfonamides is 1. The van der Waals surface area contributed by atoms with Crippen LogP contribution in [0.25, 0.3) is 0 Å². The summed E-state index contributed by atoms with van der Waals surface area (Å²) in [6, 6.07) is 13.6. The number of unbranched alkanes of at least 4 members (excludes halogenated alkanes) is 1. The van der Waals surface area contributed by atoms with E-state index in [1.165, 1.54) is 11.0 Å². The molecule has 0 radical (unpaired) electrons. The van der Waals surface area contributed by atoms with E-state index in [4.69, 9.17) is 9.47 Å². The zero-order valence-corrected chi connectivity index (χ0v) is 21.2. The number of hydrogen-bond acceptors (Lipinski definition) is 6. The highest BCUT2D eigenvalue weighted by molar-refractivity contribution is 7.92. The predicted octanol–water partition coefficient (Wildman–Crippen LogP) is 2.56. The lowest BCUT2D eigenvalue weighted by Crippen LogP contribution is -2.52. The highest BCUT2D eigenvalue weighted by Crippen LogP contribution is 2.36. The number of rotatable bonds is 12. The minimum absolute atomic E-state index is 0.0501. The molecule has 0 aliphatic carbocycles. The number of nitrogens with one attached hydrogen (secondary N) is 1. The summed E-state index contributed by atoms with van der Waals surface area (Å²) < 4.78 is 37.0. The van der Waals surface area contributed by atoms with E-state index in [-0.39, 0.29) is 24.9 Å². The maximum absolute atomic E-state index is 13.5. The van der Waals surface area contributed by atoms with E-state index in [1.54, 1.807) is 19.1 Å². The molecular formula is C25H33N3O6S. The van der Waals surface area contributed by atoms with Crippen molar-refractivity contribution in [3.8, 4) is 11.5 Å². The van der Waals surface area contributed by atoms with Crippen molar-refractivity contribution in [1.29, 1.82) is 0 Å². The third-order valence-electron chi connectivity index (χ3n) is 5.80. The van der Waals surface area contributed by atoms with Gasteiger partial charge in [-0.05, 0) is 37.5 Å². The summed E-state index contributed by atoms with van der Waals surface area (Å²) in [5.41, 5.74) is 1.30. The SMILES string of the molecule is CCCCNC(=O)[C@H](C)N(CCc1ccccc1)C(=O)CN(c1ccc2c(c1)OCO2)S(C)(=O)=O. The molecule has 0 saturated heterocycles. The summed E-state index contributed by atoms with van der Waals surface area (Å²) in [7, 11) is -3.81. The Morgan fingerprint density at radius 3 is 2.49 bits per heavy atom. The van der Waals surface area contributed by atoms with Gasteiger partial charge in [0.25, 0.3) is 0 Å². The van der Waals surface area contributed by atoms with Gasteiger partial charge in [0.2, 0.25) is 28.6 Å². The van der Waals surface area contributed by atoms with E-state index in [0.717, 1.165) is 29.0 Å². The van der Waals surface area contributed by atoms with Crippen LogP contribution in [0.1, 0.15) is 32.3 Å². The van der Waals surface area contributed by atoms with Crippen LogP contribution in [-0.4, -0.2) is 63.9 Å². The number of anilines is 1. The molecule has 2 aromatic carbocycles. The smallest absolute Gasteiger partial charge is 0.244 e. The Kier molecular flexibility index (Phi) is 8.97. The number of carbonyl (C=O) groups is 2. The Balaban J connectivity index is 1.82. The van der Waals surface area contributed by atoms with Crippen LogP contribution in [0.4, 0.5) is 5.69 Å². The highest BCUT2D eigenvalue weighted by atomic mass is 32.2. The number of amides is 2. The summed E-state index contributed by atoms with van der Waals surface area (Å²) in [4.78, 5) is 27.7. The number of carbonyl (C=O) groups excluding carboxylic acids is 2. The van der Waals surface area contributed by atoms with Gasteiger partial charge >= 0.3 is 0 Å². The molecule has 0 aromatic heterocycles. The lowest BCUT2D eigenvalue weighted by atomic mass is 10.1. The average molecular weight is 504 g/mol. The molecule has 10 heteroatoms. The first kappa shape index (κ1) is 26.3. The minimum atomic E-state index is -3.81. The molecule has 0 saturated carbocycles. The largest absolute Gasteiger partial charge is 0.454 e. The van der Waals surface area contributed by atoms with E-state index in [1.807, 2.05) is 37.3 Å². The fraction of sp³-hybridized carbons (Fsp3) is 0.440. The van der Waals surface area contributed by atoms with Crippen molar-refractivity contribution < 1.29 is 27.5 Å². The first-order valence-electron chi connectivity index (χ1n) is 11.7. The van der Waals surface area contributed by atoms with Crippen molar-refractivity contribution in [1.82, 2.24) is 10.2 Å². The van der Waals surface area contributed by atoms with Gasteiger partial charge in [0, 0.05) is 19.2 Å². The molecule has 1 atom stereocenters. The Morgan fingerprint density at radius 1 is 1.09 bits per heavy atom. The molecule has 2 aromatic rings. The zero-order valence-electron chi connectivity index (χ0n) is 20.4. The van der Waals surface area contributed by atoms with E-state index in [0.29, 0.717) is 24.5 Å². The van der Waals surface area contributed by atoms with Gasteiger partial charge in [-0.15, -0.1) is 0 Å². The van der Waals surface area contributed by atoms with Crippen LogP contribution in [0.3, 0.4) is 0 Å². The summed E-state index contributed by atoms with van der Waals surface area (Å²) in [5, 5.41) is 2.87. The standard InChI is InChI=1S/C25H33N3O6S/c1-4-5-14-26-25(30)19(2)27(15-13-20-9-7-6-8-10-20)24(29)17-28(35(3,31)32)21-11-12-22-23(16-21)34-18-33-22/h6-12,16,19H,4-5,13-15,17-18H2,1-3H3,(H,26,30)/t19-/m0/s1. The van der Waals surface area contributed by atoms with Gasteiger partial charge in [-0.1, -0.05) is 43.7 Å². The molecule has 190 valence electrons. The number of fused-ring (bicyclic) bond motifs is 1. The van der Waals surface area contributed by atoms with Gasteiger partial charge in [-0.3, -0.25) is 13.9 Å². The highest BCUT2D eigenvalue weighted by Gasteiger charge is 2.30. The lowest BCUT2D eigenvalue weighted by Gasteiger charge is -2.31. The van der Waals surface area contributed by atoms with Crippen molar-refractivity contribution in [2.24, 2.45) is 0 Å². The average Bonchev–Trinajstić information content (AvgIpc) is 3.30. The molecule has 0 spiro atoms. The third kappa shape index (κ3) is 7.11. The van der Waals surface area contributed by atoms with Gasteiger partial charge in [0.05, 0.1) is 11.9 Å². The summed E-state index contributed by atoms with van der Waals surface area (Å²) in [6.45, 7) is 4.09. The molecule has 0 fully saturated rings. The van der Waals surface area contributed by atoms with Gasteiger partial charge < -0.3 is 19.7 Å². The zero-order chi connectivity index (χ0) is 25.4. The van der Waals surface area contributed by atoms with Crippen LogP contribution in [0.5, 0.6) is 11.5 Å². The summed E-state index contributed by atoms with van der Waals surface area (Å²) >= 11 is 0. The molecule has 35 heavy (non-hydrogen) atoms. The van der Waals surface area contributed by atoms with Crippen LogP contribution in [-0.2, 0) is 26.0 Å². The molecule has 1 aliphatic rings. The number of hydrogen-bond donors (Lipinski definition) is 1. The number of ether oxygens (including phenoxy) is 2. The fourth-order valence-electron chi connectivity index (χ4n) is 3.76. The molecule has 0 bridgehead atoms. The minimum Gasteiger partial charge on any atom is -0.454 e. The quantitative estimate of drug-likeness (QED) is 0.447. The second-order valence-corrected chi connectivity index (χ2v) is 10.4. The second-order valence-electron chi connectivity index (χ2n) is 8.45. The van der Waals surface area contributed by atoms with Gasteiger partial charge in [-0.25, -0.2) is 8.42 Å². The molecular weight excluding hydrogens is 470 g/mol. The topological polar surface area (TPSA) is 105 Å². The molecule has 1 N–H and O–H groups in total. The van der Waals surface area contributed by atoms with Crippen LogP contribution < -0.4 is 19.1 Å². The summed E-state index contributed by atoms with van der Waals surface area (Å²) in [5.74, 6) is 0.180. The van der Waals surface area contributed by atoms with Crippen LogP contribution in [0, 0.1) is 0 Å². The van der Waals surface area contributed by atoms with E-state index in [9.17, 15) is 18.0 Å². The summed E-state index contributed by atoms with van der Waals surface area (Å²) in [6.07, 6.45) is 3.34. The molecule has 3 rings (SSSR count). The molecule has 1 heterocycles. The monoisotopic (exact) mass is 503 g/mol. The third-order valence-corrected chi connectivity index (χ3v) is 6.94. The van der Waals surface area contributed by atoms with E-state index >= 15 is 0 Å². The molecule has 1 aliphatic heterocycles.